The Morgan fingerprint density at radius 1 is 1.00 bits per heavy atom. The van der Waals surface area contributed by atoms with Gasteiger partial charge in [0.25, 0.3) is 0 Å². The van der Waals surface area contributed by atoms with Gasteiger partial charge in [0.1, 0.15) is 0 Å². The van der Waals surface area contributed by atoms with E-state index < -0.39 is 46.8 Å². The fourth-order valence-corrected chi connectivity index (χ4v) is 1.78. The maximum atomic E-state index is 13.2. The molecule has 2 rings (SSSR count). The second-order valence-corrected chi connectivity index (χ2v) is 4.83. The molecule has 0 amide bonds. The molecule has 1 saturated heterocycles. The second kappa shape index (κ2) is 7.77. The SMILES string of the molecule is Fc1c(F)c(F)c(CCC2CCN2)c(F)c1F.O=C(O)C(F)(F)F. The summed E-state index contributed by atoms with van der Waals surface area (Å²) in [5, 5.41) is 10.1. The Labute approximate surface area is 130 Å². The Bertz CT molecular complexity index is 584. The van der Waals surface area contributed by atoms with E-state index in [4.69, 9.17) is 9.90 Å². The van der Waals surface area contributed by atoms with E-state index in [9.17, 15) is 35.1 Å². The molecule has 0 radical (unpaired) electrons. The maximum absolute atomic E-state index is 13.2. The van der Waals surface area contributed by atoms with E-state index in [-0.39, 0.29) is 12.5 Å². The standard InChI is InChI=1S/C11H10F5N.C2HF3O2/c12-7-6(2-1-5-3-4-17-5)8(13)10(15)11(16)9(7)14;3-2(4,5)1(6)7/h5,17H,1-4H2;(H,6,7). The Hall–Kier alpha value is -1.91. The first-order chi connectivity index (χ1) is 11.0. The van der Waals surface area contributed by atoms with Gasteiger partial charge in [0, 0.05) is 11.6 Å². The van der Waals surface area contributed by atoms with Crippen molar-refractivity contribution < 1.29 is 45.0 Å². The summed E-state index contributed by atoms with van der Waals surface area (Å²) < 4.78 is 96.6. The van der Waals surface area contributed by atoms with Gasteiger partial charge in [-0.15, -0.1) is 0 Å². The van der Waals surface area contributed by atoms with Crippen LogP contribution in [0.15, 0.2) is 0 Å². The molecule has 3 nitrogen and oxygen atoms in total. The number of hydrogen-bond donors (Lipinski definition) is 2. The predicted octanol–water partition coefficient (Wildman–Crippen LogP) is 3.31. The Balaban J connectivity index is 0.000000351. The number of nitrogens with one attached hydrogen (secondary N) is 1. The monoisotopic (exact) mass is 365 g/mol. The summed E-state index contributed by atoms with van der Waals surface area (Å²) in [6.07, 6.45) is -4.03. The van der Waals surface area contributed by atoms with E-state index in [0.29, 0.717) is 6.42 Å². The van der Waals surface area contributed by atoms with Gasteiger partial charge in [-0.3, -0.25) is 0 Å². The molecule has 1 aromatic carbocycles. The molecule has 11 heteroatoms. The van der Waals surface area contributed by atoms with Crippen molar-refractivity contribution in [3.05, 3.63) is 34.6 Å². The Kier molecular flexibility index (Phi) is 6.52. The molecule has 0 saturated carbocycles. The van der Waals surface area contributed by atoms with E-state index in [1.54, 1.807) is 0 Å². The lowest BCUT2D eigenvalue weighted by Gasteiger charge is -2.27. The third-order valence-electron chi connectivity index (χ3n) is 3.21. The van der Waals surface area contributed by atoms with E-state index in [0.717, 1.165) is 13.0 Å². The maximum Gasteiger partial charge on any atom is 0.490 e. The highest BCUT2D eigenvalue weighted by molar-refractivity contribution is 5.73. The van der Waals surface area contributed by atoms with Crippen molar-refractivity contribution in [3.8, 4) is 0 Å². The minimum absolute atomic E-state index is 0.102. The van der Waals surface area contributed by atoms with Crippen LogP contribution in [0.5, 0.6) is 0 Å². The molecule has 1 aromatic rings. The fraction of sp³-hybridized carbons (Fsp3) is 0.462. The second-order valence-electron chi connectivity index (χ2n) is 4.83. The molecule has 136 valence electrons. The molecular formula is C13H11F8NO2. The third kappa shape index (κ3) is 4.79. The van der Waals surface area contributed by atoms with Crippen molar-refractivity contribution in [1.29, 1.82) is 0 Å². The molecule has 1 atom stereocenters. The van der Waals surface area contributed by atoms with Crippen molar-refractivity contribution in [2.45, 2.75) is 31.5 Å². The predicted molar refractivity (Wildman–Crippen MR) is 64.7 cm³/mol. The molecule has 0 aliphatic carbocycles. The highest BCUT2D eigenvalue weighted by atomic mass is 19.4. The smallest absolute Gasteiger partial charge is 0.475 e. The van der Waals surface area contributed by atoms with Crippen LogP contribution in [-0.2, 0) is 11.2 Å². The molecule has 1 unspecified atom stereocenters. The van der Waals surface area contributed by atoms with E-state index >= 15 is 0 Å². The summed E-state index contributed by atoms with van der Waals surface area (Å²) in [5.41, 5.74) is -0.727. The van der Waals surface area contributed by atoms with Crippen LogP contribution >= 0.6 is 0 Å². The van der Waals surface area contributed by atoms with Gasteiger partial charge in [-0.05, 0) is 25.8 Å². The van der Waals surface area contributed by atoms with Crippen LogP contribution < -0.4 is 5.32 Å². The van der Waals surface area contributed by atoms with Gasteiger partial charge in [-0.25, -0.2) is 26.7 Å². The fourth-order valence-electron chi connectivity index (χ4n) is 1.78. The summed E-state index contributed by atoms with van der Waals surface area (Å²) in [6.45, 7) is 0.821. The quantitative estimate of drug-likeness (QED) is 0.491. The van der Waals surface area contributed by atoms with Crippen LogP contribution in [0.1, 0.15) is 18.4 Å². The summed E-state index contributed by atoms with van der Waals surface area (Å²) in [7, 11) is 0. The van der Waals surface area contributed by atoms with Crippen molar-refractivity contribution in [3.63, 3.8) is 0 Å². The number of hydrogen-bond acceptors (Lipinski definition) is 2. The van der Waals surface area contributed by atoms with E-state index in [1.807, 2.05) is 0 Å². The lowest BCUT2D eigenvalue weighted by molar-refractivity contribution is -0.192. The molecule has 24 heavy (non-hydrogen) atoms. The van der Waals surface area contributed by atoms with Gasteiger partial charge in [0.2, 0.25) is 5.82 Å². The van der Waals surface area contributed by atoms with Crippen LogP contribution in [0, 0.1) is 29.1 Å². The summed E-state index contributed by atoms with van der Waals surface area (Å²) >= 11 is 0. The summed E-state index contributed by atoms with van der Waals surface area (Å²) in [4.78, 5) is 8.90. The topological polar surface area (TPSA) is 49.3 Å². The minimum atomic E-state index is -5.08. The molecule has 0 aromatic heterocycles. The average Bonchev–Trinajstić information content (AvgIpc) is 2.44. The highest BCUT2D eigenvalue weighted by Gasteiger charge is 2.38. The van der Waals surface area contributed by atoms with Crippen molar-refractivity contribution in [2.75, 3.05) is 6.54 Å². The highest BCUT2D eigenvalue weighted by Crippen LogP contribution is 2.25. The number of carbonyl (C=O) groups is 1. The number of halogens is 8. The Morgan fingerprint density at radius 2 is 1.38 bits per heavy atom. The largest absolute Gasteiger partial charge is 0.490 e. The molecule has 2 N–H and O–H groups in total. The lowest BCUT2D eigenvalue weighted by atomic mass is 9.97. The molecule has 0 bridgehead atoms. The molecule has 1 fully saturated rings. The molecule has 0 spiro atoms. The van der Waals surface area contributed by atoms with Gasteiger partial charge in [0.05, 0.1) is 0 Å². The summed E-state index contributed by atoms with van der Waals surface area (Å²) in [5.74, 6) is -12.1. The molecule has 1 heterocycles. The zero-order chi connectivity index (χ0) is 18.7. The van der Waals surface area contributed by atoms with Crippen LogP contribution in [0.4, 0.5) is 35.1 Å². The normalized spacial score (nSPS) is 16.9. The number of aliphatic carboxylic acids is 1. The first-order valence-corrected chi connectivity index (χ1v) is 6.50. The number of alkyl halides is 3. The number of rotatable bonds is 3. The number of carboxylic acids is 1. The van der Waals surface area contributed by atoms with Crippen LogP contribution in [0.2, 0.25) is 0 Å². The van der Waals surface area contributed by atoms with Crippen molar-refractivity contribution in [2.24, 2.45) is 0 Å². The van der Waals surface area contributed by atoms with Gasteiger partial charge in [-0.1, -0.05) is 0 Å². The molecule has 1 aliphatic rings. The van der Waals surface area contributed by atoms with Crippen LogP contribution in [0.3, 0.4) is 0 Å². The van der Waals surface area contributed by atoms with Crippen LogP contribution in [0.25, 0.3) is 0 Å². The zero-order valence-corrected chi connectivity index (χ0v) is 11.8. The Morgan fingerprint density at radius 3 is 1.67 bits per heavy atom. The van der Waals surface area contributed by atoms with Gasteiger partial charge < -0.3 is 10.4 Å². The molecule has 1 aliphatic heterocycles. The van der Waals surface area contributed by atoms with E-state index in [2.05, 4.69) is 5.32 Å². The lowest BCUT2D eigenvalue weighted by Crippen LogP contribution is -2.43. The first-order valence-electron chi connectivity index (χ1n) is 6.50. The van der Waals surface area contributed by atoms with Crippen molar-refractivity contribution in [1.82, 2.24) is 5.32 Å². The molecular weight excluding hydrogens is 354 g/mol. The number of benzene rings is 1. The van der Waals surface area contributed by atoms with Crippen LogP contribution in [-0.4, -0.2) is 29.8 Å². The van der Waals surface area contributed by atoms with Crippen molar-refractivity contribution >= 4 is 5.97 Å². The number of carboxylic acid groups (broad SMARTS) is 1. The van der Waals surface area contributed by atoms with Gasteiger partial charge in [0.15, 0.2) is 23.3 Å². The zero-order valence-electron chi connectivity index (χ0n) is 11.8. The first kappa shape index (κ1) is 20.1. The van der Waals surface area contributed by atoms with Gasteiger partial charge in [-0.2, -0.15) is 13.2 Å². The minimum Gasteiger partial charge on any atom is -0.475 e. The summed E-state index contributed by atoms with van der Waals surface area (Å²) in [6, 6.07) is 0.102. The van der Waals surface area contributed by atoms with E-state index in [1.165, 1.54) is 0 Å². The average molecular weight is 365 g/mol. The third-order valence-corrected chi connectivity index (χ3v) is 3.21. The van der Waals surface area contributed by atoms with Gasteiger partial charge >= 0.3 is 12.1 Å².